The quantitative estimate of drug-likeness (QED) is 0.658. The highest BCUT2D eigenvalue weighted by Gasteiger charge is 2.12. The second kappa shape index (κ2) is 5.03. The van der Waals surface area contributed by atoms with Crippen LogP contribution < -0.4 is 5.73 Å². The minimum atomic E-state index is -1.04. The molecule has 2 heterocycles. The number of nitrogens with zero attached hydrogens (tertiary/aromatic N) is 4. The van der Waals surface area contributed by atoms with Crippen molar-refractivity contribution >= 4 is 25.1 Å². The summed E-state index contributed by atoms with van der Waals surface area (Å²) >= 11 is 0. The number of anilines is 1. The van der Waals surface area contributed by atoms with E-state index in [1.807, 2.05) is 4.57 Å². The van der Waals surface area contributed by atoms with Crippen molar-refractivity contribution in [3.8, 4) is 0 Å². The molecule has 0 amide bonds. The van der Waals surface area contributed by atoms with Gasteiger partial charge in [0.05, 0.1) is 6.33 Å². The van der Waals surface area contributed by atoms with E-state index in [9.17, 15) is 0 Å². The maximum absolute atomic E-state index is 5.81. The number of nitrogens with two attached hydrogens (primary N) is 1. The van der Waals surface area contributed by atoms with Crippen molar-refractivity contribution in [2.75, 3.05) is 12.3 Å². The number of nitrogen functional groups attached to an aromatic ring is 1. The molecular formula is C11H19N5OSi. The smallest absolute Gasteiger partial charge is 0.183 e. The second-order valence-electron chi connectivity index (χ2n) is 5.49. The maximum Gasteiger partial charge on any atom is 0.183 e. The van der Waals surface area contributed by atoms with Crippen LogP contribution in [0.25, 0.3) is 11.2 Å². The first kappa shape index (κ1) is 13.0. The molecule has 2 rings (SSSR count). The van der Waals surface area contributed by atoms with Crippen LogP contribution in [-0.2, 0) is 11.5 Å². The predicted octanol–water partition coefficient (Wildman–Crippen LogP) is 1.72. The van der Waals surface area contributed by atoms with E-state index in [-0.39, 0.29) is 0 Å². The fourth-order valence-corrected chi connectivity index (χ4v) is 2.33. The van der Waals surface area contributed by atoms with Gasteiger partial charge in [0.25, 0.3) is 0 Å². The fourth-order valence-electron chi connectivity index (χ4n) is 1.57. The first-order valence-corrected chi connectivity index (χ1v) is 9.67. The molecule has 0 bridgehead atoms. The maximum atomic E-state index is 5.81. The van der Waals surface area contributed by atoms with Crippen LogP contribution in [0.3, 0.4) is 0 Å². The summed E-state index contributed by atoms with van der Waals surface area (Å²) in [6, 6.07) is 1.14. The van der Waals surface area contributed by atoms with Gasteiger partial charge in [-0.05, 0) is 6.04 Å². The lowest BCUT2D eigenvalue weighted by molar-refractivity contribution is 0.0899. The number of aromatic nitrogens is 4. The van der Waals surface area contributed by atoms with Crippen molar-refractivity contribution in [3.63, 3.8) is 0 Å². The van der Waals surface area contributed by atoms with Crippen LogP contribution in [0, 0.1) is 0 Å². The van der Waals surface area contributed by atoms with Crippen LogP contribution in [0.2, 0.25) is 25.7 Å². The summed E-state index contributed by atoms with van der Waals surface area (Å²) in [6.07, 6.45) is 3.10. The number of fused-ring (bicyclic) bond motifs is 1. The van der Waals surface area contributed by atoms with E-state index in [0.29, 0.717) is 18.2 Å². The van der Waals surface area contributed by atoms with Crippen molar-refractivity contribution in [1.82, 2.24) is 19.5 Å². The molecular weight excluding hydrogens is 246 g/mol. The number of imidazole rings is 1. The summed E-state index contributed by atoms with van der Waals surface area (Å²) in [5.74, 6) is 0.436. The van der Waals surface area contributed by atoms with E-state index in [1.54, 1.807) is 6.33 Å². The van der Waals surface area contributed by atoms with Gasteiger partial charge in [0.15, 0.2) is 11.5 Å². The molecule has 0 spiro atoms. The summed E-state index contributed by atoms with van der Waals surface area (Å²) in [5, 5.41) is 0. The molecule has 18 heavy (non-hydrogen) atoms. The average molecular weight is 265 g/mol. The molecule has 2 aromatic rings. The molecule has 6 nitrogen and oxygen atoms in total. The third-order valence-corrected chi connectivity index (χ3v) is 4.37. The zero-order valence-electron chi connectivity index (χ0n) is 11.1. The van der Waals surface area contributed by atoms with Gasteiger partial charge in [0, 0.05) is 14.7 Å². The van der Waals surface area contributed by atoms with Crippen LogP contribution in [-0.4, -0.2) is 34.2 Å². The van der Waals surface area contributed by atoms with Gasteiger partial charge in [-0.15, -0.1) is 0 Å². The van der Waals surface area contributed by atoms with Gasteiger partial charge >= 0.3 is 0 Å². The van der Waals surface area contributed by atoms with Crippen molar-refractivity contribution in [3.05, 3.63) is 12.7 Å². The molecule has 0 unspecified atom stereocenters. The van der Waals surface area contributed by atoms with E-state index in [4.69, 9.17) is 10.5 Å². The normalized spacial score (nSPS) is 12.2. The SMILES string of the molecule is C[Si](C)(C)CCOCn1cnc2ncnc(N)c21. The zero-order chi connectivity index (χ0) is 13.2. The number of hydrogen-bond acceptors (Lipinski definition) is 5. The molecule has 0 radical (unpaired) electrons. The Hall–Kier alpha value is -1.47. The van der Waals surface area contributed by atoms with Crippen LogP contribution in [0.4, 0.5) is 5.82 Å². The molecule has 0 aromatic carbocycles. The third kappa shape index (κ3) is 3.05. The molecule has 98 valence electrons. The molecule has 0 aliphatic carbocycles. The Morgan fingerprint density at radius 3 is 2.78 bits per heavy atom. The highest BCUT2D eigenvalue weighted by molar-refractivity contribution is 6.76. The van der Waals surface area contributed by atoms with Gasteiger partial charge in [0.1, 0.15) is 18.6 Å². The number of rotatable bonds is 5. The Balaban J connectivity index is 2.00. The monoisotopic (exact) mass is 265 g/mol. The van der Waals surface area contributed by atoms with Crippen molar-refractivity contribution in [2.45, 2.75) is 32.4 Å². The molecule has 0 aliphatic rings. The largest absolute Gasteiger partial charge is 0.382 e. The summed E-state index contributed by atoms with van der Waals surface area (Å²) < 4.78 is 7.51. The standard InChI is InChI=1S/C11H19N5OSi/c1-18(2,3)5-4-17-8-16-7-15-11-9(16)10(12)13-6-14-11/h6-7H,4-5,8H2,1-3H3,(H2,12,13,14). The Bertz CT molecular complexity index is 534. The topological polar surface area (TPSA) is 78.8 Å². The molecule has 0 saturated heterocycles. The van der Waals surface area contributed by atoms with Crippen LogP contribution >= 0.6 is 0 Å². The van der Waals surface area contributed by atoms with E-state index < -0.39 is 8.07 Å². The lowest BCUT2D eigenvalue weighted by atomic mass is 10.5. The third-order valence-electron chi connectivity index (χ3n) is 2.66. The lowest BCUT2D eigenvalue weighted by Gasteiger charge is -2.15. The zero-order valence-corrected chi connectivity index (χ0v) is 12.1. The van der Waals surface area contributed by atoms with E-state index >= 15 is 0 Å². The summed E-state index contributed by atoms with van der Waals surface area (Å²) in [6.45, 7) is 8.19. The predicted molar refractivity (Wildman–Crippen MR) is 73.8 cm³/mol. The van der Waals surface area contributed by atoms with E-state index in [0.717, 1.165) is 18.2 Å². The van der Waals surface area contributed by atoms with Gasteiger partial charge in [0.2, 0.25) is 0 Å². The van der Waals surface area contributed by atoms with Gasteiger partial charge in [-0.3, -0.25) is 0 Å². The Morgan fingerprint density at radius 2 is 2.06 bits per heavy atom. The molecule has 7 heteroatoms. The lowest BCUT2D eigenvalue weighted by Crippen LogP contribution is -2.22. The van der Waals surface area contributed by atoms with Gasteiger partial charge in [-0.2, -0.15) is 0 Å². The van der Waals surface area contributed by atoms with E-state index in [2.05, 4.69) is 34.6 Å². The molecule has 2 aromatic heterocycles. The minimum Gasteiger partial charge on any atom is -0.382 e. The van der Waals surface area contributed by atoms with Crippen LogP contribution in [0.5, 0.6) is 0 Å². The summed E-state index contributed by atoms with van der Waals surface area (Å²) in [4.78, 5) is 12.2. The Morgan fingerprint density at radius 1 is 1.28 bits per heavy atom. The average Bonchev–Trinajstić information content (AvgIpc) is 2.68. The van der Waals surface area contributed by atoms with Crippen molar-refractivity contribution < 1.29 is 4.74 Å². The molecule has 2 N–H and O–H groups in total. The van der Waals surface area contributed by atoms with Crippen molar-refractivity contribution in [1.29, 1.82) is 0 Å². The number of ether oxygens (including phenoxy) is 1. The first-order chi connectivity index (χ1) is 8.47. The fraction of sp³-hybridized carbons (Fsp3) is 0.545. The Kier molecular flexibility index (Phi) is 3.62. The first-order valence-electron chi connectivity index (χ1n) is 5.96. The molecule has 0 aliphatic heterocycles. The highest BCUT2D eigenvalue weighted by atomic mass is 28.3. The molecule has 0 saturated carbocycles. The van der Waals surface area contributed by atoms with Crippen LogP contribution in [0.1, 0.15) is 0 Å². The number of hydrogen-bond donors (Lipinski definition) is 1. The molecule has 0 atom stereocenters. The molecule has 0 fully saturated rings. The van der Waals surface area contributed by atoms with Crippen molar-refractivity contribution in [2.24, 2.45) is 0 Å². The Labute approximate surface area is 107 Å². The summed E-state index contributed by atoms with van der Waals surface area (Å²) in [7, 11) is -1.04. The van der Waals surface area contributed by atoms with Gasteiger partial charge in [-0.1, -0.05) is 19.6 Å². The van der Waals surface area contributed by atoms with Crippen LogP contribution in [0.15, 0.2) is 12.7 Å². The second-order valence-corrected chi connectivity index (χ2v) is 11.1. The minimum absolute atomic E-state index is 0.436. The van der Waals surface area contributed by atoms with Gasteiger partial charge in [-0.25, -0.2) is 15.0 Å². The van der Waals surface area contributed by atoms with E-state index in [1.165, 1.54) is 6.33 Å². The van der Waals surface area contributed by atoms with Gasteiger partial charge < -0.3 is 15.0 Å². The summed E-state index contributed by atoms with van der Waals surface area (Å²) in [5.41, 5.74) is 7.16. The highest BCUT2D eigenvalue weighted by Crippen LogP contribution is 2.15.